The monoisotopic (exact) mass is 274 g/mol. The summed E-state index contributed by atoms with van der Waals surface area (Å²) in [7, 11) is 0. The van der Waals surface area contributed by atoms with Gasteiger partial charge in [-0.05, 0) is 38.2 Å². The van der Waals surface area contributed by atoms with E-state index in [4.69, 9.17) is 0 Å². The van der Waals surface area contributed by atoms with E-state index in [2.05, 4.69) is 39.5 Å². The number of aryl methyl sites for hydroxylation is 2. The molecule has 0 saturated carbocycles. The fourth-order valence-corrected chi connectivity index (χ4v) is 2.40. The van der Waals surface area contributed by atoms with Crippen LogP contribution in [0.5, 0.6) is 0 Å². The van der Waals surface area contributed by atoms with Crippen LogP contribution in [-0.2, 0) is 12.8 Å². The van der Waals surface area contributed by atoms with Gasteiger partial charge < -0.3 is 0 Å². The molecule has 0 bridgehead atoms. The van der Waals surface area contributed by atoms with Gasteiger partial charge in [-0.1, -0.05) is 0 Å². The van der Waals surface area contributed by atoms with E-state index < -0.39 is 0 Å². The van der Waals surface area contributed by atoms with Crippen LogP contribution in [0.25, 0.3) is 0 Å². The highest BCUT2D eigenvalue weighted by molar-refractivity contribution is 14.1. The summed E-state index contributed by atoms with van der Waals surface area (Å²) in [6.07, 6.45) is 4.92. The van der Waals surface area contributed by atoms with Crippen molar-refractivity contribution in [1.82, 2.24) is 9.97 Å². The minimum Gasteiger partial charge on any atom is -0.228 e. The molecule has 1 aliphatic rings. The van der Waals surface area contributed by atoms with Crippen LogP contribution in [0.3, 0.4) is 0 Å². The Balaban J connectivity index is 2.53. The Bertz CT molecular complexity index is 310. The quantitative estimate of drug-likeness (QED) is 0.535. The fraction of sp³-hybridized carbons (Fsp3) is 0.556. The number of rotatable bonds is 0. The Morgan fingerprint density at radius 2 is 1.92 bits per heavy atom. The third-order valence-electron chi connectivity index (χ3n) is 2.36. The summed E-state index contributed by atoms with van der Waals surface area (Å²) in [5.74, 6) is 0. The van der Waals surface area contributed by atoms with E-state index in [1.807, 2.05) is 0 Å². The standard InChI is InChI=1S/C9H11IN2/c1-6-7-4-2-3-5-8(7)12-9(10)11-6/h2-5H2,1H3. The predicted molar refractivity (Wildman–Crippen MR) is 56.1 cm³/mol. The first-order valence-electron chi connectivity index (χ1n) is 4.29. The minimum absolute atomic E-state index is 0.894. The molecule has 0 saturated heterocycles. The molecule has 0 amide bonds. The molecule has 1 aromatic rings. The average Bonchev–Trinajstić information content (AvgIpc) is 2.04. The third kappa shape index (κ3) is 1.46. The molecule has 0 radical (unpaired) electrons. The lowest BCUT2D eigenvalue weighted by Crippen LogP contribution is -2.10. The maximum Gasteiger partial charge on any atom is 0.191 e. The molecule has 0 aliphatic heterocycles. The molecule has 1 aliphatic carbocycles. The SMILES string of the molecule is Cc1nc(I)nc2c1CCCC2. The number of hydrogen-bond donors (Lipinski definition) is 0. The third-order valence-corrected chi connectivity index (χ3v) is 2.85. The van der Waals surface area contributed by atoms with Gasteiger partial charge in [-0.3, -0.25) is 0 Å². The van der Waals surface area contributed by atoms with Crippen LogP contribution in [0.2, 0.25) is 0 Å². The second-order valence-corrected chi connectivity index (χ2v) is 4.18. The number of hydrogen-bond acceptors (Lipinski definition) is 2. The van der Waals surface area contributed by atoms with Gasteiger partial charge in [0.25, 0.3) is 0 Å². The van der Waals surface area contributed by atoms with Crippen LogP contribution in [0.4, 0.5) is 0 Å². The lowest BCUT2D eigenvalue weighted by Gasteiger charge is -2.15. The molecule has 64 valence electrons. The zero-order valence-electron chi connectivity index (χ0n) is 7.10. The first kappa shape index (κ1) is 8.41. The van der Waals surface area contributed by atoms with E-state index in [0.29, 0.717) is 0 Å². The molecule has 1 heterocycles. The molecule has 2 nitrogen and oxygen atoms in total. The van der Waals surface area contributed by atoms with Crippen LogP contribution in [0.1, 0.15) is 29.8 Å². The van der Waals surface area contributed by atoms with Gasteiger partial charge in [0.15, 0.2) is 3.83 Å². The predicted octanol–water partition coefficient (Wildman–Crippen LogP) is 2.27. The van der Waals surface area contributed by atoms with E-state index in [1.54, 1.807) is 0 Å². The molecule has 0 atom stereocenters. The van der Waals surface area contributed by atoms with Crippen molar-refractivity contribution in [3.63, 3.8) is 0 Å². The van der Waals surface area contributed by atoms with Gasteiger partial charge in [0.1, 0.15) is 0 Å². The van der Waals surface area contributed by atoms with E-state index in [1.165, 1.54) is 36.2 Å². The molecular weight excluding hydrogens is 263 g/mol. The Hall–Kier alpha value is -0.190. The van der Waals surface area contributed by atoms with Gasteiger partial charge in [0.05, 0.1) is 0 Å². The van der Waals surface area contributed by atoms with E-state index in [-0.39, 0.29) is 0 Å². The van der Waals surface area contributed by atoms with E-state index >= 15 is 0 Å². The van der Waals surface area contributed by atoms with Crippen LogP contribution in [0, 0.1) is 10.8 Å². The van der Waals surface area contributed by atoms with Crippen molar-refractivity contribution < 1.29 is 0 Å². The number of aromatic nitrogens is 2. The largest absolute Gasteiger partial charge is 0.228 e. The van der Waals surface area contributed by atoms with Crippen molar-refractivity contribution >= 4 is 22.6 Å². The summed E-state index contributed by atoms with van der Waals surface area (Å²) in [5, 5.41) is 0. The Morgan fingerprint density at radius 3 is 2.75 bits per heavy atom. The van der Waals surface area contributed by atoms with Gasteiger partial charge in [0, 0.05) is 34.0 Å². The maximum absolute atomic E-state index is 4.45. The Morgan fingerprint density at radius 1 is 1.17 bits per heavy atom. The van der Waals surface area contributed by atoms with E-state index in [9.17, 15) is 0 Å². The summed E-state index contributed by atoms with van der Waals surface area (Å²) < 4.78 is 0.894. The summed E-state index contributed by atoms with van der Waals surface area (Å²) in [6, 6.07) is 0. The van der Waals surface area contributed by atoms with Gasteiger partial charge in [-0.2, -0.15) is 0 Å². The van der Waals surface area contributed by atoms with Crippen molar-refractivity contribution in [3.05, 3.63) is 20.8 Å². The molecule has 0 aromatic carbocycles. The van der Waals surface area contributed by atoms with Crippen LogP contribution in [0.15, 0.2) is 0 Å². The van der Waals surface area contributed by atoms with Crippen molar-refractivity contribution in [3.8, 4) is 0 Å². The lowest BCUT2D eigenvalue weighted by atomic mass is 9.95. The second kappa shape index (κ2) is 3.28. The molecule has 0 fully saturated rings. The van der Waals surface area contributed by atoms with Gasteiger partial charge in [-0.15, -0.1) is 0 Å². The van der Waals surface area contributed by atoms with Crippen molar-refractivity contribution in [2.75, 3.05) is 0 Å². The summed E-state index contributed by atoms with van der Waals surface area (Å²) >= 11 is 2.19. The normalized spacial score (nSPS) is 15.8. The molecule has 0 unspecified atom stereocenters. The summed E-state index contributed by atoms with van der Waals surface area (Å²) in [4.78, 5) is 8.81. The first-order valence-corrected chi connectivity index (χ1v) is 5.37. The van der Waals surface area contributed by atoms with Crippen molar-refractivity contribution in [2.45, 2.75) is 32.6 Å². The molecule has 12 heavy (non-hydrogen) atoms. The number of fused-ring (bicyclic) bond motifs is 1. The van der Waals surface area contributed by atoms with Crippen molar-refractivity contribution in [1.29, 1.82) is 0 Å². The average molecular weight is 274 g/mol. The van der Waals surface area contributed by atoms with Crippen molar-refractivity contribution in [2.24, 2.45) is 0 Å². The number of nitrogens with zero attached hydrogens (tertiary/aromatic N) is 2. The summed E-state index contributed by atoms with van der Waals surface area (Å²) in [5.41, 5.74) is 3.88. The van der Waals surface area contributed by atoms with Gasteiger partial charge >= 0.3 is 0 Å². The van der Waals surface area contributed by atoms with E-state index in [0.717, 1.165) is 10.3 Å². The topological polar surface area (TPSA) is 25.8 Å². The second-order valence-electron chi connectivity index (χ2n) is 3.21. The summed E-state index contributed by atoms with van der Waals surface area (Å²) in [6.45, 7) is 2.09. The maximum atomic E-state index is 4.45. The lowest BCUT2D eigenvalue weighted by molar-refractivity contribution is 0.653. The van der Waals surface area contributed by atoms with Gasteiger partial charge in [0.2, 0.25) is 0 Å². The molecular formula is C9H11IN2. The number of halogens is 1. The highest BCUT2D eigenvalue weighted by atomic mass is 127. The highest BCUT2D eigenvalue weighted by Gasteiger charge is 2.13. The van der Waals surface area contributed by atoms with Crippen LogP contribution in [-0.4, -0.2) is 9.97 Å². The Labute approximate surface area is 86.0 Å². The minimum atomic E-state index is 0.894. The fourth-order valence-electron chi connectivity index (χ4n) is 1.74. The zero-order valence-corrected chi connectivity index (χ0v) is 9.26. The molecule has 1 aromatic heterocycles. The zero-order chi connectivity index (χ0) is 8.55. The molecule has 2 rings (SSSR count). The molecule has 0 N–H and O–H groups in total. The highest BCUT2D eigenvalue weighted by Crippen LogP contribution is 2.21. The molecule has 0 spiro atoms. The van der Waals surface area contributed by atoms with Gasteiger partial charge in [-0.25, -0.2) is 9.97 Å². The van der Waals surface area contributed by atoms with Crippen LogP contribution < -0.4 is 0 Å². The molecule has 3 heteroatoms. The van der Waals surface area contributed by atoms with Crippen LogP contribution >= 0.6 is 22.6 Å². The first-order chi connectivity index (χ1) is 5.77. The smallest absolute Gasteiger partial charge is 0.191 e. The Kier molecular flexibility index (Phi) is 2.30.